The molecule has 0 aromatic carbocycles. The number of aliphatic carboxylic acids is 2. The first-order chi connectivity index (χ1) is 10.3. The zero-order valence-corrected chi connectivity index (χ0v) is 10.9. The van der Waals surface area contributed by atoms with E-state index in [0.29, 0.717) is 0 Å². The number of aromatic nitrogens is 1. The van der Waals surface area contributed by atoms with Gasteiger partial charge in [-0.15, -0.1) is 0 Å². The molecule has 2 heterocycles. The summed E-state index contributed by atoms with van der Waals surface area (Å²) < 4.78 is 1.01. The minimum atomic E-state index is -1.68. The SMILES string of the molecule is O=C(O)C(=Cc1cc(C(=O)O)c(=O)n2ccccc12)C(=O)O. The van der Waals surface area contributed by atoms with Gasteiger partial charge in [0, 0.05) is 11.8 Å². The maximum Gasteiger partial charge on any atom is 0.343 e. The van der Waals surface area contributed by atoms with E-state index in [0.717, 1.165) is 16.5 Å². The zero-order chi connectivity index (χ0) is 16.4. The molecule has 112 valence electrons. The fourth-order valence-electron chi connectivity index (χ4n) is 1.92. The minimum absolute atomic E-state index is 0.00241. The van der Waals surface area contributed by atoms with Crippen LogP contribution in [-0.4, -0.2) is 37.6 Å². The van der Waals surface area contributed by atoms with Gasteiger partial charge in [-0.2, -0.15) is 0 Å². The Morgan fingerprint density at radius 1 is 1.05 bits per heavy atom. The molecule has 0 bridgehead atoms. The van der Waals surface area contributed by atoms with E-state index in [9.17, 15) is 19.2 Å². The fraction of sp³-hybridized carbons (Fsp3) is 0. The van der Waals surface area contributed by atoms with E-state index < -0.39 is 34.6 Å². The molecule has 0 aliphatic rings. The van der Waals surface area contributed by atoms with Crippen LogP contribution in [-0.2, 0) is 9.59 Å². The Kier molecular flexibility index (Phi) is 3.76. The van der Waals surface area contributed by atoms with Crippen LogP contribution in [0.1, 0.15) is 15.9 Å². The zero-order valence-electron chi connectivity index (χ0n) is 10.9. The van der Waals surface area contributed by atoms with E-state index in [2.05, 4.69) is 0 Å². The third-order valence-corrected chi connectivity index (χ3v) is 2.90. The van der Waals surface area contributed by atoms with Gasteiger partial charge in [-0.05, 0) is 24.3 Å². The van der Waals surface area contributed by atoms with Crippen molar-refractivity contribution in [2.45, 2.75) is 0 Å². The minimum Gasteiger partial charge on any atom is -0.477 e. The molecular weight excluding hydrogens is 294 g/mol. The van der Waals surface area contributed by atoms with Gasteiger partial charge in [0.1, 0.15) is 11.1 Å². The molecule has 0 saturated heterocycles. The first kappa shape index (κ1) is 15.0. The summed E-state index contributed by atoms with van der Waals surface area (Å²) in [5.41, 5.74) is -2.15. The fourth-order valence-corrected chi connectivity index (χ4v) is 1.92. The number of hydrogen-bond donors (Lipinski definition) is 3. The van der Waals surface area contributed by atoms with Gasteiger partial charge in [0.15, 0.2) is 0 Å². The second-order valence-corrected chi connectivity index (χ2v) is 4.25. The summed E-state index contributed by atoms with van der Waals surface area (Å²) in [5, 5.41) is 26.8. The molecule has 0 spiro atoms. The van der Waals surface area contributed by atoms with Crippen LogP contribution in [0.3, 0.4) is 0 Å². The van der Waals surface area contributed by atoms with Crippen molar-refractivity contribution in [2.75, 3.05) is 0 Å². The lowest BCUT2D eigenvalue weighted by atomic mass is 10.1. The molecule has 8 heteroatoms. The van der Waals surface area contributed by atoms with E-state index in [1.807, 2.05) is 0 Å². The number of aromatic carboxylic acids is 1. The first-order valence-electron chi connectivity index (χ1n) is 5.89. The average molecular weight is 303 g/mol. The molecular formula is C14H9NO7. The predicted molar refractivity (Wildman–Crippen MR) is 73.9 cm³/mol. The Labute approximate surface area is 122 Å². The smallest absolute Gasteiger partial charge is 0.343 e. The molecule has 0 unspecified atom stereocenters. The van der Waals surface area contributed by atoms with Crippen molar-refractivity contribution in [3.8, 4) is 0 Å². The second-order valence-electron chi connectivity index (χ2n) is 4.25. The first-order valence-corrected chi connectivity index (χ1v) is 5.89. The molecule has 2 rings (SSSR count). The lowest BCUT2D eigenvalue weighted by Gasteiger charge is -2.07. The predicted octanol–water partition coefficient (Wildman–Crippen LogP) is 0.550. The lowest BCUT2D eigenvalue weighted by molar-refractivity contribution is -0.140. The maximum absolute atomic E-state index is 12.0. The Balaban J connectivity index is 2.89. The van der Waals surface area contributed by atoms with Gasteiger partial charge in [0.05, 0.1) is 5.52 Å². The van der Waals surface area contributed by atoms with Crippen molar-refractivity contribution in [1.82, 2.24) is 4.40 Å². The third-order valence-electron chi connectivity index (χ3n) is 2.90. The Hall–Kier alpha value is -3.42. The number of carboxylic acids is 3. The van der Waals surface area contributed by atoms with Gasteiger partial charge in [-0.1, -0.05) is 6.07 Å². The summed E-state index contributed by atoms with van der Waals surface area (Å²) in [6.45, 7) is 0. The number of pyridine rings is 2. The van der Waals surface area contributed by atoms with Crippen molar-refractivity contribution in [3.63, 3.8) is 0 Å². The molecule has 0 amide bonds. The van der Waals surface area contributed by atoms with Crippen LogP contribution in [0.15, 0.2) is 40.8 Å². The van der Waals surface area contributed by atoms with Crippen LogP contribution in [0.25, 0.3) is 11.6 Å². The molecule has 0 saturated carbocycles. The van der Waals surface area contributed by atoms with Crippen molar-refractivity contribution in [2.24, 2.45) is 0 Å². The summed E-state index contributed by atoms with van der Waals surface area (Å²) in [5.74, 6) is -4.85. The van der Waals surface area contributed by atoms with Crippen LogP contribution in [0.2, 0.25) is 0 Å². The number of hydrogen-bond acceptors (Lipinski definition) is 4. The number of fused-ring (bicyclic) bond motifs is 1. The largest absolute Gasteiger partial charge is 0.477 e. The van der Waals surface area contributed by atoms with Gasteiger partial charge in [-0.25, -0.2) is 14.4 Å². The second kappa shape index (κ2) is 5.52. The van der Waals surface area contributed by atoms with Gasteiger partial charge in [-0.3, -0.25) is 9.20 Å². The van der Waals surface area contributed by atoms with Crippen LogP contribution in [0.5, 0.6) is 0 Å². The maximum atomic E-state index is 12.0. The molecule has 0 atom stereocenters. The molecule has 0 aliphatic heterocycles. The van der Waals surface area contributed by atoms with E-state index in [1.165, 1.54) is 18.3 Å². The van der Waals surface area contributed by atoms with Crippen LogP contribution in [0.4, 0.5) is 0 Å². The highest BCUT2D eigenvalue weighted by Gasteiger charge is 2.19. The van der Waals surface area contributed by atoms with Crippen molar-refractivity contribution >= 4 is 29.5 Å². The molecule has 2 aromatic rings. The van der Waals surface area contributed by atoms with E-state index in [1.54, 1.807) is 6.07 Å². The van der Waals surface area contributed by atoms with Crippen molar-refractivity contribution < 1.29 is 29.7 Å². The molecule has 22 heavy (non-hydrogen) atoms. The Morgan fingerprint density at radius 2 is 1.68 bits per heavy atom. The van der Waals surface area contributed by atoms with E-state index in [-0.39, 0.29) is 11.1 Å². The number of carboxylic acid groups (broad SMARTS) is 3. The van der Waals surface area contributed by atoms with E-state index in [4.69, 9.17) is 15.3 Å². The summed E-state index contributed by atoms with van der Waals surface area (Å²) >= 11 is 0. The quantitative estimate of drug-likeness (QED) is 0.426. The normalized spacial score (nSPS) is 10.2. The molecule has 0 aliphatic carbocycles. The summed E-state index contributed by atoms with van der Waals surface area (Å²) in [6, 6.07) is 5.43. The van der Waals surface area contributed by atoms with Crippen LogP contribution < -0.4 is 5.56 Å². The molecule has 2 aromatic heterocycles. The molecule has 0 radical (unpaired) electrons. The van der Waals surface area contributed by atoms with Crippen LogP contribution >= 0.6 is 0 Å². The Morgan fingerprint density at radius 3 is 2.23 bits per heavy atom. The summed E-state index contributed by atoms with van der Waals surface area (Å²) in [4.78, 5) is 45.0. The van der Waals surface area contributed by atoms with Crippen molar-refractivity contribution in [1.29, 1.82) is 0 Å². The highest BCUT2D eigenvalue weighted by Crippen LogP contribution is 2.15. The molecule has 3 N–H and O–H groups in total. The van der Waals surface area contributed by atoms with Gasteiger partial charge >= 0.3 is 17.9 Å². The van der Waals surface area contributed by atoms with Gasteiger partial charge in [0.25, 0.3) is 5.56 Å². The highest BCUT2D eigenvalue weighted by atomic mass is 16.4. The Bertz CT molecular complexity index is 876. The average Bonchev–Trinajstić information content (AvgIpc) is 2.45. The topological polar surface area (TPSA) is 133 Å². The highest BCUT2D eigenvalue weighted by molar-refractivity contribution is 6.16. The standard InChI is InChI=1S/C14H9NO7/c16-11-8(12(17)18)5-7(6-9(13(19)20)14(21)22)10-3-1-2-4-15(10)11/h1-6H,(H,17,18)(H,19,20)(H,21,22). The molecule has 8 nitrogen and oxygen atoms in total. The van der Waals surface area contributed by atoms with Gasteiger partial charge in [0.2, 0.25) is 0 Å². The van der Waals surface area contributed by atoms with Crippen LogP contribution in [0, 0.1) is 0 Å². The third kappa shape index (κ3) is 2.57. The molecule has 0 fully saturated rings. The van der Waals surface area contributed by atoms with Gasteiger partial charge < -0.3 is 15.3 Å². The number of carbonyl (C=O) groups is 3. The lowest BCUT2D eigenvalue weighted by Crippen LogP contribution is -2.22. The number of rotatable bonds is 4. The van der Waals surface area contributed by atoms with Crippen molar-refractivity contribution in [3.05, 3.63) is 57.5 Å². The number of nitrogens with zero attached hydrogens (tertiary/aromatic N) is 1. The summed E-state index contributed by atoms with van der Waals surface area (Å²) in [6.07, 6.45) is 2.12. The monoisotopic (exact) mass is 303 g/mol. The summed E-state index contributed by atoms with van der Waals surface area (Å²) in [7, 11) is 0. The van der Waals surface area contributed by atoms with E-state index >= 15 is 0 Å².